The fourth-order valence-corrected chi connectivity index (χ4v) is 2.62. The molecule has 0 saturated heterocycles. The minimum absolute atomic E-state index is 0.0168. The van der Waals surface area contributed by atoms with E-state index in [1.807, 2.05) is 23.6 Å². The lowest BCUT2D eigenvalue weighted by molar-refractivity contribution is 0.0376. The molecule has 2 unspecified atom stereocenters. The van der Waals surface area contributed by atoms with Gasteiger partial charge in [0.15, 0.2) is 5.82 Å². The number of anilines is 1. The maximum absolute atomic E-state index is 9.36. The Labute approximate surface area is 136 Å². The number of nitrogens with zero attached hydrogens (tertiary/aromatic N) is 3. The molecule has 0 bridgehead atoms. The molecule has 0 radical (unpaired) electrons. The number of hydrogen-bond acceptors (Lipinski definition) is 6. The quantitative estimate of drug-likeness (QED) is 0.516. The first-order valence-corrected chi connectivity index (χ1v) is 8.09. The Morgan fingerprint density at radius 3 is 2.83 bits per heavy atom. The summed E-state index contributed by atoms with van der Waals surface area (Å²) in [6, 6.07) is 4.03. The zero-order chi connectivity index (χ0) is 16.7. The minimum Gasteiger partial charge on any atom is -0.394 e. The lowest BCUT2D eigenvalue weighted by Crippen LogP contribution is -2.20. The third kappa shape index (κ3) is 4.19. The summed E-state index contributed by atoms with van der Waals surface area (Å²) in [6.07, 6.45) is 3.95. The number of fused-ring (bicyclic) bond motifs is 1. The molecule has 2 aromatic rings. The zero-order valence-corrected chi connectivity index (χ0v) is 14.0. The monoisotopic (exact) mass is 322 g/mol. The molecule has 7 nitrogen and oxygen atoms in total. The molecule has 0 amide bonds. The minimum atomic E-state index is -0.169. The molecule has 0 aliphatic heterocycles. The highest BCUT2D eigenvalue weighted by Gasteiger charge is 2.20. The SMILES string of the molecule is CCCONc1ncnn2c(C(CC)CC(CO)OC)ccc12. The van der Waals surface area contributed by atoms with E-state index in [4.69, 9.17) is 9.57 Å². The number of rotatable bonds is 10. The van der Waals surface area contributed by atoms with Gasteiger partial charge < -0.3 is 9.84 Å². The fourth-order valence-electron chi connectivity index (χ4n) is 2.62. The molecule has 2 atom stereocenters. The van der Waals surface area contributed by atoms with Crippen LogP contribution < -0.4 is 5.48 Å². The van der Waals surface area contributed by atoms with Crippen LogP contribution in [0, 0.1) is 0 Å². The molecule has 128 valence electrons. The summed E-state index contributed by atoms with van der Waals surface area (Å²) in [5.74, 6) is 0.897. The van der Waals surface area contributed by atoms with E-state index in [0.717, 1.165) is 30.5 Å². The van der Waals surface area contributed by atoms with E-state index in [0.29, 0.717) is 12.4 Å². The number of ether oxygens (including phenoxy) is 1. The summed E-state index contributed by atoms with van der Waals surface area (Å²) in [5.41, 5.74) is 4.84. The van der Waals surface area contributed by atoms with Crippen molar-refractivity contribution in [3.8, 4) is 0 Å². The van der Waals surface area contributed by atoms with Crippen molar-refractivity contribution in [2.24, 2.45) is 0 Å². The highest BCUT2D eigenvalue weighted by molar-refractivity contribution is 5.67. The Morgan fingerprint density at radius 2 is 2.17 bits per heavy atom. The van der Waals surface area contributed by atoms with E-state index in [2.05, 4.69) is 22.5 Å². The van der Waals surface area contributed by atoms with Gasteiger partial charge in [0.05, 0.1) is 19.3 Å². The van der Waals surface area contributed by atoms with Crippen LogP contribution in [0.5, 0.6) is 0 Å². The van der Waals surface area contributed by atoms with Crippen LogP contribution in [0.3, 0.4) is 0 Å². The van der Waals surface area contributed by atoms with Gasteiger partial charge in [-0.2, -0.15) is 5.10 Å². The van der Waals surface area contributed by atoms with Gasteiger partial charge in [0, 0.05) is 18.7 Å². The van der Waals surface area contributed by atoms with Crippen LogP contribution in [-0.4, -0.2) is 46.1 Å². The van der Waals surface area contributed by atoms with Crippen LogP contribution in [0.25, 0.3) is 5.52 Å². The van der Waals surface area contributed by atoms with Crippen LogP contribution in [-0.2, 0) is 9.57 Å². The Balaban J connectivity index is 2.25. The topological polar surface area (TPSA) is 80.9 Å². The molecular weight excluding hydrogens is 296 g/mol. The molecule has 2 heterocycles. The van der Waals surface area contributed by atoms with Gasteiger partial charge in [0.25, 0.3) is 0 Å². The van der Waals surface area contributed by atoms with E-state index >= 15 is 0 Å². The van der Waals surface area contributed by atoms with Crippen LogP contribution in [0.2, 0.25) is 0 Å². The van der Waals surface area contributed by atoms with Gasteiger partial charge in [-0.15, -0.1) is 0 Å². The Hall–Kier alpha value is -1.70. The second kappa shape index (κ2) is 8.81. The molecule has 2 aromatic heterocycles. The average Bonchev–Trinajstić information content (AvgIpc) is 3.01. The summed E-state index contributed by atoms with van der Waals surface area (Å²) >= 11 is 0. The molecule has 2 rings (SSSR count). The van der Waals surface area contributed by atoms with E-state index in [9.17, 15) is 5.11 Å². The molecule has 2 N–H and O–H groups in total. The van der Waals surface area contributed by atoms with Crippen LogP contribution >= 0.6 is 0 Å². The molecular formula is C16H26N4O3. The van der Waals surface area contributed by atoms with Crippen LogP contribution in [0.15, 0.2) is 18.5 Å². The van der Waals surface area contributed by atoms with Crippen molar-refractivity contribution in [3.63, 3.8) is 0 Å². The molecule has 0 aliphatic rings. The first-order valence-electron chi connectivity index (χ1n) is 8.09. The largest absolute Gasteiger partial charge is 0.394 e. The molecule has 0 aromatic carbocycles. The lowest BCUT2D eigenvalue weighted by Gasteiger charge is -2.20. The fraction of sp³-hybridized carbons (Fsp3) is 0.625. The first-order chi connectivity index (χ1) is 11.2. The highest BCUT2D eigenvalue weighted by Crippen LogP contribution is 2.28. The maximum atomic E-state index is 9.36. The Morgan fingerprint density at radius 1 is 1.35 bits per heavy atom. The maximum Gasteiger partial charge on any atom is 0.177 e. The molecule has 0 spiro atoms. The number of methoxy groups -OCH3 is 1. The van der Waals surface area contributed by atoms with Crippen molar-refractivity contribution >= 4 is 11.3 Å². The summed E-state index contributed by atoms with van der Waals surface area (Å²) in [7, 11) is 1.62. The van der Waals surface area contributed by atoms with Gasteiger partial charge in [-0.1, -0.05) is 13.8 Å². The van der Waals surface area contributed by atoms with Gasteiger partial charge in [0.1, 0.15) is 11.8 Å². The highest BCUT2D eigenvalue weighted by atomic mass is 16.6. The van der Waals surface area contributed by atoms with E-state index in [1.54, 1.807) is 7.11 Å². The van der Waals surface area contributed by atoms with Gasteiger partial charge in [-0.05, 0) is 31.4 Å². The van der Waals surface area contributed by atoms with Crippen LogP contribution in [0.1, 0.15) is 44.7 Å². The summed E-state index contributed by atoms with van der Waals surface area (Å²) < 4.78 is 7.18. The molecule has 0 aliphatic carbocycles. The molecule has 23 heavy (non-hydrogen) atoms. The number of hydrogen-bond donors (Lipinski definition) is 2. The van der Waals surface area contributed by atoms with Crippen molar-refractivity contribution < 1.29 is 14.7 Å². The molecule has 0 fully saturated rings. The van der Waals surface area contributed by atoms with Crippen molar-refractivity contribution in [1.29, 1.82) is 0 Å². The molecule has 0 saturated carbocycles. The standard InChI is InChI=1S/C16H26N4O3/c1-4-8-23-19-16-15-7-6-14(20(15)18-11-17-16)12(5-2)9-13(10-21)22-3/h6-7,11-13,21H,4-5,8-10H2,1-3H3,(H,17,18,19). The number of aliphatic hydroxyl groups is 1. The van der Waals surface area contributed by atoms with Gasteiger partial charge in [-0.25, -0.2) is 15.0 Å². The lowest BCUT2D eigenvalue weighted by atomic mass is 9.95. The second-order valence-corrected chi connectivity index (χ2v) is 5.50. The normalized spacial score (nSPS) is 14.1. The third-order valence-electron chi connectivity index (χ3n) is 3.95. The summed E-state index contributed by atoms with van der Waals surface area (Å²) in [6.45, 7) is 4.81. The Kier molecular flexibility index (Phi) is 6.76. The van der Waals surface area contributed by atoms with Crippen molar-refractivity contribution in [3.05, 3.63) is 24.2 Å². The number of aliphatic hydroxyl groups excluding tert-OH is 1. The Bertz CT molecular complexity index is 598. The van der Waals surface area contributed by atoms with Gasteiger partial charge in [-0.3, -0.25) is 4.84 Å². The van der Waals surface area contributed by atoms with E-state index in [-0.39, 0.29) is 18.6 Å². The third-order valence-corrected chi connectivity index (χ3v) is 3.95. The first kappa shape index (κ1) is 17.7. The predicted molar refractivity (Wildman–Crippen MR) is 88.4 cm³/mol. The summed E-state index contributed by atoms with van der Waals surface area (Å²) in [5, 5.41) is 13.7. The van der Waals surface area contributed by atoms with Crippen LogP contribution in [0.4, 0.5) is 5.82 Å². The van der Waals surface area contributed by atoms with Crippen molar-refractivity contribution in [2.75, 3.05) is 25.8 Å². The average molecular weight is 322 g/mol. The number of aromatic nitrogens is 3. The van der Waals surface area contributed by atoms with E-state index < -0.39 is 0 Å². The predicted octanol–water partition coefficient (Wildman–Crippen LogP) is 2.37. The zero-order valence-electron chi connectivity index (χ0n) is 14.0. The molecule has 7 heteroatoms. The van der Waals surface area contributed by atoms with Gasteiger partial charge >= 0.3 is 0 Å². The second-order valence-electron chi connectivity index (χ2n) is 5.50. The smallest absolute Gasteiger partial charge is 0.177 e. The van der Waals surface area contributed by atoms with Gasteiger partial charge in [0.2, 0.25) is 0 Å². The van der Waals surface area contributed by atoms with Crippen molar-refractivity contribution in [2.45, 2.75) is 45.1 Å². The van der Waals surface area contributed by atoms with E-state index in [1.165, 1.54) is 6.33 Å². The number of nitrogens with one attached hydrogen (secondary N) is 1. The van der Waals surface area contributed by atoms with Crippen molar-refractivity contribution in [1.82, 2.24) is 14.6 Å². The summed E-state index contributed by atoms with van der Waals surface area (Å²) in [4.78, 5) is 9.60.